The summed E-state index contributed by atoms with van der Waals surface area (Å²) in [5.41, 5.74) is 0.603. The Kier molecular flexibility index (Phi) is 3.56. The molecule has 0 atom stereocenters. The number of anilines is 1. The first-order valence-electron chi connectivity index (χ1n) is 4.10. The quantitative estimate of drug-likeness (QED) is 0.535. The van der Waals surface area contributed by atoms with Gasteiger partial charge in [0, 0.05) is 0 Å². The van der Waals surface area contributed by atoms with Crippen molar-refractivity contribution in [3.63, 3.8) is 0 Å². The van der Waals surface area contributed by atoms with Crippen LogP contribution in [0.15, 0.2) is 24.3 Å². The zero-order chi connectivity index (χ0) is 11.3. The zero-order valence-corrected chi connectivity index (χ0v) is 8.04. The number of esters is 1. The molecule has 0 aliphatic rings. The molecule has 0 N–H and O–H groups in total. The van der Waals surface area contributed by atoms with Crippen molar-refractivity contribution in [2.45, 2.75) is 0 Å². The largest absolute Gasteiger partial charge is 0.465 e. The number of carbonyl (C=O) groups is 3. The van der Waals surface area contributed by atoms with Gasteiger partial charge >= 0.3 is 5.97 Å². The minimum absolute atomic E-state index is 0.281. The summed E-state index contributed by atoms with van der Waals surface area (Å²) < 4.78 is 4.50. The molecular weight excluding hydrogens is 198 g/mol. The van der Waals surface area contributed by atoms with Gasteiger partial charge in [0.15, 0.2) is 0 Å². The molecule has 0 fully saturated rings. The minimum Gasteiger partial charge on any atom is -0.465 e. The third-order valence-electron chi connectivity index (χ3n) is 1.79. The molecule has 2 amide bonds. The first kappa shape index (κ1) is 10.9. The fourth-order valence-corrected chi connectivity index (χ4v) is 1.06. The fourth-order valence-electron chi connectivity index (χ4n) is 1.06. The minimum atomic E-state index is -0.520. The summed E-state index contributed by atoms with van der Waals surface area (Å²) in [5, 5.41) is 0. The molecule has 0 aliphatic carbocycles. The van der Waals surface area contributed by atoms with E-state index in [1.807, 2.05) is 0 Å². The van der Waals surface area contributed by atoms with Crippen LogP contribution in [-0.4, -0.2) is 25.9 Å². The molecule has 0 heterocycles. The molecule has 1 aromatic rings. The van der Waals surface area contributed by atoms with Crippen molar-refractivity contribution in [2.75, 3.05) is 12.0 Å². The summed E-state index contributed by atoms with van der Waals surface area (Å²) in [6, 6.07) is 6.02. The number of ether oxygens (including phenoxy) is 1. The predicted octanol–water partition coefficient (Wildman–Crippen LogP) is 0.592. The van der Waals surface area contributed by atoms with E-state index in [-0.39, 0.29) is 5.56 Å². The van der Waals surface area contributed by atoms with Gasteiger partial charge in [0.05, 0.1) is 18.4 Å². The Balaban J connectivity index is 3.06. The van der Waals surface area contributed by atoms with Crippen LogP contribution in [0.3, 0.4) is 0 Å². The Morgan fingerprint density at radius 3 is 2.53 bits per heavy atom. The molecule has 1 rings (SSSR count). The van der Waals surface area contributed by atoms with E-state index in [2.05, 4.69) is 4.74 Å². The molecule has 0 unspecified atom stereocenters. The van der Waals surface area contributed by atoms with Crippen LogP contribution >= 0.6 is 0 Å². The molecule has 5 heteroatoms. The first-order valence-corrected chi connectivity index (χ1v) is 4.10. The lowest BCUT2D eigenvalue weighted by molar-refractivity contribution is -0.114. The van der Waals surface area contributed by atoms with E-state index in [9.17, 15) is 14.4 Å². The number of rotatable bonds is 4. The van der Waals surface area contributed by atoms with Crippen LogP contribution in [0.5, 0.6) is 0 Å². The molecule has 0 spiro atoms. The van der Waals surface area contributed by atoms with Gasteiger partial charge in [-0.15, -0.1) is 0 Å². The van der Waals surface area contributed by atoms with Crippen LogP contribution in [0.1, 0.15) is 10.4 Å². The maximum absolute atomic E-state index is 11.1. The summed E-state index contributed by atoms with van der Waals surface area (Å²) >= 11 is 0. The van der Waals surface area contributed by atoms with Crippen molar-refractivity contribution in [2.24, 2.45) is 0 Å². The first-order chi connectivity index (χ1) is 7.22. The standard InChI is InChI=1S/C10H9NO4/c1-15-10(14)8-3-2-4-9(5-8)11(6-12)7-13/h2-7H,1H3. The highest BCUT2D eigenvalue weighted by atomic mass is 16.5. The SMILES string of the molecule is COC(=O)c1cccc(N(C=O)C=O)c1. The number of carbonyl (C=O) groups excluding carboxylic acids is 3. The van der Waals surface area contributed by atoms with Crippen LogP contribution in [0.2, 0.25) is 0 Å². The Hall–Kier alpha value is -2.17. The van der Waals surface area contributed by atoms with Gasteiger partial charge in [0.2, 0.25) is 12.8 Å². The van der Waals surface area contributed by atoms with Gasteiger partial charge in [-0.2, -0.15) is 0 Å². The topological polar surface area (TPSA) is 63.7 Å². The van der Waals surface area contributed by atoms with Crippen molar-refractivity contribution in [3.8, 4) is 0 Å². The van der Waals surface area contributed by atoms with Gasteiger partial charge in [-0.05, 0) is 18.2 Å². The van der Waals surface area contributed by atoms with Gasteiger partial charge in [-0.3, -0.25) is 14.5 Å². The van der Waals surface area contributed by atoms with Crippen molar-refractivity contribution in [1.29, 1.82) is 0 Å². The van der Waals surface area contributed by atoms with E-state index in [1.54, 1.807) is 6.07 Å². The average Bonchev–Trinajstić information content (AvgIpc) is 2.30. The monoisotopic (exact) mass is 207 g/mol. The lowest BCUT2D eigenvalue weighted by Crippen LogP contribution is -2.18. The van der Waals surface area contributed by atoms with Crippen LogP contribution in [0.25, 0.3) is 0 Å². The molecule has 0 aliphatic heterocycles. The molecular formula is C10H9NO4. The summed E-state index contributed by atoms with van der Waals surface area (Å²) in [6.07, 6.45) is 0.729. The maximum atomic E-state index is 11.1. The Labute approximate surface area is 86.2 Å². The number of hydrogen-bond donors (Lipinski definition) is 0. The molecule has 1 aromatic carbocycles. The molecule has 0 saturated heterocycles. The van der Waals surface area contributed by atoms with Crippen LogP contribution < -0.4 is 4.90 Å². The lowest BCUT2D eigenvalue weighted by Gasteiger charge is -2.09. The normalized spacial score (nSPS) is 9.13. The van der Waals surface area contributed by atoms with Gasteiger partial charge < -0.3 is 4.74 Å². The van der Waals surface area contributed by atoms with Gasteiger partial charge in [0.25, 0.3) is 0 Å². The Bertz CT molecular complexity index is 381. The molecule has 0 saturated carbocycles. The lowest BCUT2D eigenvalue weighted by atomic mass is 10.2. The molecule has 78 valence electrons. The highest BCUT2D eigenvalue weighted by Gasteiger charge is 2.08. The van der Waals surface area contributed by atoms with E-state index < -0.39 is 5.97 Å². The Morgan fingerprint density at radius 2 is 2.00 bits per heavy atom. The highest BCUT2D eigenvalue weighted by Crippen LogP contribution is 2.14. The van der Waals surface area contributed by atoms with Crippen LogP contribution in [0.4, 0.5) is 5.69 Å². The molecule has 15 heavy (non-hydrogen) atoms. The smallest absolute Gasteiger partial charge is 0.337 e. The number of imide groups is 1. The zero-order valence-electron chi connectivity index (χ0n) is 8.04. The third kappa shape index (κ3) is 2.40. The average molecular weight is 207 g/mol. The van der Waals surface area contributed by atoms with Crippen molar-refractivity contribution >= 4 is 24.5 Å². The second kappa shape index (κ2) is 4.90. The van der Waals surface area contributed by atoms with Gasteiger partial charge in [-0.25, -0.2) is 4.79 Å². The molecule has 0 aromatic heterocycles. The number of nitrogens with zero attached hydrogens (tertiary/aromatic N) is 1. The highest BCUT2D eigenvalue weighted by molar-refractivity contribution is 5.97. The van der Waals surface area contributed by atoms with E-state index >= 15 is 0 Å². The van der Waals surface area contributed by atoms with E-state index in [1.165, 1.54) is 25.3 Å². The van der Waals surface area contributed by atoms with Crippen molar-refractivity contribution in [3.05, 3.63) is 29.8 Å². The number of hydrogen-bond acceptors (Lipinski definition) is 4. The van der Waals surface area contributed by atoms with Gasteiger partial charge in [-0.1, -0.05) is 6.07 Å². The van der Waals surface area contributed by atoms with Gasteiger partial charge in [0.1, 0.15) is 0 Å². The van der Waals surface area contributed by atoms with Crippen molar-refractivity contribution < 1.29 is 19.1 Å². The maximum Gasteiger partial charge on any atom is 0.337 e. The number of amides is 2. The number of benzene rings is 1. The van der Waals surface area contributed by atoms with E-state index in [0.717, 1.165) is 4.90 Å². The Morgan fingerprint density at radius 1 is 1.33 bits per heavy atom. The summed E-state index contributed by atoms with van der Waals surface area (Å²) in [6.45, 7) is 0. The summed E-state index contributed by atoms with van der Waals surface area (Å²) in [4.78, 5) is 32.9. The van der Waals surface area contributed by atoms with Crippen LogP contribution in [-0.2, 0) is 14.3 Å². The van der Waals surface area contributed by atoms with E-state index in [0.29, 0.717) is 18.5 Å². The van der Waals surface area contributed by atoms with Crippen molar-refractivity contribution in [1.82, 2.24) is 0 Å². The summed E-state index contributed by atoms with van der Waals surface area (Å²) in [5.74, 6) is -0.520. The number of methoxy groups -OCH3 is 1. The molecule has 0 bridgehead atoms. The second-order valence-electron chi connectivity index (χ2n) is 2.66. The third-order valence-corrected chi connectivity index (χ3v) is 1.79. The fraction of sp³-hybridized carbons (Fsp3) is 0.100. The molecule has 5 nitrogen and oxygen atoms in total. The predicted molar refractivity (Wildman–Crippen MR) is 52.4 cm³/mol. The summed E-state index contributed by atoms with van der Waals surface area (Å²) in [7, 11) is 1.26. The van der Waals surface area contributed by atoms with E-state index in [4.69, 9.17) is 0 Å². The second-order valence-corrected chi connectivity index (χ2v) is 2.66. The molecule has 0 radical (unpaired) electrons. The van der Waals surface area contributed by atoms with Crippen LogP contribution in [0, 0.1) is 0 Å².